The van der Waals surface area contributed by atoms with Gasteiger partial charge in [-0.25, -0.2) is 9.38 Å². The Bertz CT molecular complexity index is 379. The molecular formula is C11H13FN2O. The Balaban J connectivity index is 2.11. The molecule has 4 heteroatoms. The van der Waals surface area contributed by atoms with Crippen molar-refractivity contribution in [1.82, 2.24) is 0 Å². The molecule has 1 aliphatic heterocycles. The van der Waals surface area contributed by atoms with Gasteiger partial charge in [0.1, 0.15) is 11.9 Å². The van der Waals surface area contributed by atoms with Crippen LogP contribution in [0, 0.1) is 5.82 Å². The average molecular weight is 208 g/mol. The summed E-state index contributed by atoms with van der Waals surface area (Å²) in [5.74, 6) is 0.0937. The van der Waals surface area contributed by atoms with Crippen molar-refractivity contribution in [2.45, 2.75) is 12.5 Å². The minimum absolute atomic E-state index is 0.00426. The van der Waals surface area contributed by atoms with Crippen LogP contribution in [0.5, 0.6) is 0 Å². The molecule has 80 valence electrons. The molecule has 1 aromatic rings. The summed E-state index contributed by atoms with van der Waals surface area (Å²) in [6, 6.07) is 6.47. The van der Waals surface area contributed by atoms with Crippen LogP contribution in [0.1, 0.15) is 12.0 Å². The predicted octanol–water partition coefficient (Wildman–Crippen LogP) is 1.32. The Morgan fingerprint density at radius 3 is 3.00 bits per heavy atom. The van der Waals surface area contributed by atoms with Crippen molar-refractivity contribution in [3.63, 3.8) is 0 Å². The molecule has 1 aliphatic rings. The molecule has 0 saturated carbocycles. The second kappa shape index (κ2) is 4.40. The Hall–Kier alpha value is -1.42. The van der Waals surface area contributed by atoms with E-state index in [1.807, 2.05) is 0 Å². The fourth-order valence-corrected chi connectivity index (χ4v) is 1.54. The Labute approximate surface area is 87.8 Å². The molecule has 1 unspecified atom stereocenters. The van der Waals surface area contributed by atoms with Gasteiger partial charge in [0.25, 0.3) is 0 Å². The van der Waals surface area contributed by atoms with Gasteiger partial charge in [-0.2, -0.15) is 0 Å². The summed E-state index contributed by atoms with van der Waals surface area (Å²) in [5, 5.41) is 0. The average Bonchev–Trinajstić information content (AvgIpc) is 2.68. The van der Waals surface area contributed by atoms with Gasteiger partial charge in [-0.15, -0.1) is 0 Å². The monoisotopic (exact) mass is 208 g/mol. The van der Waals surface area contributed by atoms with Crippen molar-refractivity contribution in [3.05, 3.63) is 35.6 Å². The summed E-state index contributed by atoms with van der Waals surface area (Å²) in [6.45, 7) is 1.13. The molecule has 1 atom stereocenters. The van der Waals surface area contributed by atoms with E-state index in [1.165, 1.54) is 6.07 Å². The Kier molecular flexibility index (Phi) is 2.97. The number of hydrogen-bond acceptors (Lipinski definition) is 3. The molecule has 0 saturated heterocycles. The first-order valence-corrected chi connectivity index (χ1v) is 4.97. The number of ether oxygens (including phenoxy) is 1. The van der Waals surface area contributed by atoms with Gasteiger partial charge >= 0.3 is 0 Å². The van der Waals surface area contributed by atoms with Crippen LogP contribution in [0.3, 0.4) is 0 Å². The van der Waals surface area contributed by atoms with Gasteiger partial charge in [-0.3, -0.25) is 0 Å². The Morgan fingerprint density at radius 2 is 2.27 bits per heavy atom. The molecule has 15 heavy (non-hydrogen) atoms. The van der Waals surface area contributed by atoms with Crippen LogP contribution in [0.15, 0.2) is 29.3 Å². The molecule has 1 aromatic carbocycles. The summed E-state index contributed by atoms with van der Waals surface area (Å²) < 4.78 is 18.9. The highest BCUT2D eigenvalue weighted by Crippen LogP contribution is 2.16. The van der Waals surface area contributed by atoms with Crippen LogP contribution in [-0.4, -0.2) is 25.1 Å². The number of aliphatic imine (C=N–C) groups is 1. The van der Waals surface area contributed by atoms with Crippen LogP contribution >= 0.6 is 0 Å². The molecule has 1 heterocycles. The van der Waals surface area contributed by atoms with Crippen molar-refractivity contribution in [3.8, 4) is 0 Å². The molecule has 0 radical (unpaired) electrons. The first-order chi connectivity index (χ1) is 7.31. The fraction of sp³-hybridized carbons (Fsp3) is 0.364. The maximum Gasteiger partial charge on any atom is 0.219 e. The molecule has 0 bridgehead atoms. The number of halogens is 1. The molecule has 0 aromatic heterocycles. The maximum atomic E-state index is 13.4. The van der Waals surface area contributed by atoms with Gasteiger partial charge in [0.05, 0.1) is 12.1 Å². The van der Waals surface area contributed by atoms with Crippen molar-refractivity contribution >= 4 is 5.90 Å². The maximum absolute atomic E-state index is 13.4. The van der Waals surface area contributed by atoms with Gasteiger partial charge in [0.15, 0.2) is 0 Å². The zero-order valence-electron chi connectivity index (χ0n) is 8.32. The van der Waals surface area contributed by atoms with Crippen LogP contribution < -0.4 is 5.73 Å². The van der Waals surface area contributed by atoms with Crippen molar-refractivity contribution in [2.24, 2.45) is 10.7 Å². The first-order valence-electron chi connectivity index (χ1n) is 4.97. The molecule has 2 N–H and O–H groups in total. The number of hydrogen-bond donors (Lipinski definition) is 1. The van der Waals surface area contributed by atoms with E-state index < -0.39 is 0 Å². The van der Waals surface area contributed by atoms with Gasteiger partial charge in [0.2, 0.25) is 5.90 Å². The summed E-state index contributed by atoms with van der Waals surface area (Å²) in [7, 11) is 0. The number of benzene rings is 1. The second-order valence-electron chi connectivity index (χ2n) is 3.44. The van der Waals surface area contributed by atoms with Crippen LogP contribution in [0.4, 0.5) is 4.39 Å². The smallest absolute Gasteiger partial charge is 0.219 e. The molecule has 0 fully saturated rings. The fourth-order valence-electron chi connectivity index (χ4n) is 1.54. The summed E-state index contributed by atoms with van der Waals surface area (Å²) in [6.07, 6.45) is 0.756. The van der Waals surface area contributed by atoms with Gasteiger partial charge in [0, 0.05) is 0 Å². The molecular weight excluding hydrogens is 195 g/mol. The lowest BCUT2D eigenvalue weighted by Crippen LogP contribution is -2.18. The van der Waals surface area contributed by atoms with Crippen LogP contribution in [0.2, 0.25) is 0 Å². The largest absolute Gasteiger partial charge is 0.472 e. The van der Waals surface area contributed by atoms with Gasteiger partial charge in [-0.1, -0.05) is 12.1 Å². The lowest BCUT2D eigenvalue weighted by Gasteiger charge is -2.09. The standard InChI is InChI=1S/C11H13FN2O/c12-10-4-2-1-3-9(10)11-14-7-8(15-11)5-6-13/h1-4,8H,5-7,13H2. The van der Waals surface area contributed by atoms with Crippen molar-refractivity contribution < 1.29 is 9.13 Å². The van der Waals surface area contributed by atoms with Crippen LogP contribution in [-0.2, 0) is 4.74 Å². The summed E-state index contributed by atoms with van der Waals surface area (Å²) in [4.78, 5) is 4.17. The topological polar surface area (TPSA) is 47.6 Å². The quantitative estimate of drug-likeness (QED) is 0.814. The van der Waals surface area contributed by atoms with Crippen molar-refractivity contribution in [2.75, 3.05) is 13.1 Å². The first kappa shape index (κ1) is 10.1. The third-order valence-electron chi connectivity index (χ3n) is 2.31. The molecule has 0 aliphatic carbocycles. The molecule has 0 amide bonds. The van der Waals surface area contributed by atoms with E-state index in [9.17, 15) is 4.39 Å². The lowest BCUT2D eigenvalue weighted by atomic mass is 10.2. The van der Waals surface area contributed by atoms with E-state index in [1.54, 1.807) is 18.2 Å². The third-order valence-corrected chi connectivity index (χ3v) is 2.31. The highest BCUT2D eigenvalue weighted by Gasteiger charge is 2.21. The van der Waals surface area contributed by atoms with E-state index in [2.05, 4.69) is 4.99 Å². The van der Waals surface area contributed by atoms with E-state index in [0.717, 1.165) is 6.42 Å². The third kappa shape index (κ3) is 2.15. The van der Waals surface area contributed by atoms with E-state index in [-0.39, 0.29) is 11.9 Å². The Morgan fingerprint density at radius 1 is 1.47 bits per heavy atom. The molecule has 0 spiro atoms. The van der Waals surface area contributed by atoms with E-state index in [4.69, 9.17) is 10.5 Å². The number of rotatable bonds is 3. The van der Waals surface area contributed by atoms with Gasteiger partial charge in [-0.05, 0) is 25.1 Å². The molecule has 3 nitrogen and oxygen atoms in total. The van der Waals surface area contributed by atoms with E-state index >= 15 is 0 Å². The van der Waals surface area contributed by atoms with Gasteiger partial charge < -0.3 is 10.5 Å². The predicted molar refractivity (Wildman–Crippen MR) is 56.3 cm³/mol. The lowest BCUT2D eigenvalue weighted by molar-refractivity contribution is 0.216. The van der Waals surface area contributed by atoms with Crippen molar-refractivity contribution in [1.29, 1.82) is 0 Å². The SMILES string of the molecule is NCCC1CN=C(c2ccccc2F)O1. The summed E-state index contributed by atoms with van der Waals surface area (Å²) >= 11 is 0. The highest BCUT2D eigenvalue weighted by atomic mass is 19.1. The van der Waals surface area contributed by atoms with Crippen LogP contribution in [0.25, 0.3) is 0 Å². The highest BCUT2D eigenvalue weighted by molar-refractivity contribution is 5.95. The van der Waals surface area contributed by atoms with E-state index in [0.29, 0.717) is 24.6 Å². The number of nitrogens with zero attached hydrogens (tertiary/aromatic N) is 1. The zero-order valence-corrected chi connectivity index (χ0v) is 8.32. The summed E-state index contributed by atoms with van der Waals surface area (Å²) in [5.41, 5.74) is 5.85. The number of nitrogens with two attached hydrogens (primary N) is 1. The minimum Gasteiger partial charge on any atom is -0.472 e. The second-order valence-corrected chi connectivity index (χ2v) is 3.44. The zero-order chi connectivity index (χ0) is 10.7. The molecule has 2 rings (SSSR count). The normalized spacial score (nSPS) is 19.9. The minimum atomic E-state index is -0.301.